The SMILES string of the molecule is CCCC(=O)O[C@H]1[C@H](OC(=O)CCC)[C@@H](CO)OC(O)[C@H]1NC(C)=O. The number of hydrogen-bond donors (Lipinski definition) is 3. The van der Waals surface area contributed by atoms with Gasteiger partial charge in [0.15, 0.2) is 18.5 Å². The maximum atomic E-state index is 11.9. The molecule has 1 amide bonds. The van der Waals surface area contributed by atoms with Crippen molar-refractivity contribution >= 4 is 17.8 Å². The molecule has 0 aromatic carbocycles. The molecule has 0 aliphatic carbocycles. The first-order valence-corrected chi connectivity index (χ1v) is 8.44. The minimum absolute atomic E-state index is 0.125. The van der Waals surface area contributed by atoms with Gasteiger partial charge in [0.05, 0.1) is 6.61 Å². The monoisotopic (exact) mass is 361 g/mol. The number of nitrogens with one attached hydrogen (secondary N) is 1. The van der Waals surface area contributed by atoms with Crippen LogP contribution in [0.15, 0.2) is 0 Å². The van der Waals surface area contributed by atoms with Crippen molar-refractivity contribution in [2.24, 2.45) is 0 Å². The number of carbonyl (C=O) groups excluding carboxylic acids is 3. The van der Waals surface area contributed by atoms with E-state index in [1.54, 1.807) is 13.8 Å². The van der Waals surface area contributed by atoms with E-state index in [0.717, 1.165) is 0 Å². The maximum absolute atomic E-state index is 11.9. The lowest BCUT2D eigenvalue weighted by Gasteiger charge is -2.43. The van der Waals surface area contributed by atoms with E-state index in [2.05, 4.69) is 5.32 Å². The number of esters is 2. The van der Waals surface area contributed by atoms with Gasteiger partial charge in [-0.3, -0.25) is 14.4 Å². The highest BCUT2D eigenvalue weighted by atomic mass is 16.7. The maximum Gasteiger partial charge on any atom is 0.306 e. The van der Waals surface area contributed by atoms with Gasteiger partial charge in [-0.1, -0.05) is 13.8 Å². The molecule has 0 aromatic rings. The van der Waals surface area contributed by atoms with E-state index < -0.39 is 55.1 Å². The topological polar surface area (TPSA) is 131 Å². The summed E-state index contributed by atoms with van der Waals surface area (Å²) in [5.74, 6) is -1.60. The molecule has 1 rings (SSSR count). The second-order valence-corrected chi connectivity index (χ2v) is 5.88. The third-order valence-corrected chi connectivity index (χ3v) is 3.66. The van der Waals surface area contributed by atoms with Gasteiger partial charge in [0.1, 0.15) is 12.1 Å². The molecular weight excluding hydrogens is 334 g/mol. The highest BCUT2D eigenvalue weighted by Crippen LogP contribution is 2.26. The van der Waals surface area contributed by atoms with E-state index in [1.807, 2.05) is 0 Å². The molecule has 0 saturated carbocycles. The summed E-state index contributed by atoms with van der Waals surface area (Å²) < 4.78 is 15.9. The van der Waals surface area contributed by atoms with Gasteiger partial charge in [-0.2, -0.15) is 0 Å². The molecule has 3 N–H and O–H groups in total. The van der Waals surface area contributed by atoms with Crippen LogP contribution in [0.1, 0.15) is 46.5 Å². The minimum atomic E-state index is -1.53. The molecule has 0 radical (unpaired) electrons. The molecule has 25 heavy (non-hydrogen) atoms. The van der Waals surface area contributed by atoms with Crippen LogP contribution in [-0.4, -0.2) is 65.3 Å². The zero-order chi connectivity index (χ0) is 19.0. The molecule has 5 atom stereocenters. The molecular formula is C16H27NO8. The molecule has 0 spiro atoms. The summed E-state index contributed by atoms with van der Waals surface area (Å²) in [6, 6.07) is -1.12. The van der Waals surface area contributed by atoms with Crippen LogP contribution in [0.5, 0.6) is 0 Å². The predicted octanol–water partition coefficient (Wildman–Crippen LogP) is -0.376. The zero-order valence-corrected chi connectivity index (χ0v) is 14.8. The van der Waals surface area contributed by atoms with Crippen molar-refractivity contribution in [3.63, 3.8) is 0 Å². The van der Waals surface area contributed by atoms with Crippen LogP contribution >= 0.6 is 0 Å². The molecule has 1 saturated heterocycles. The van der Waals surface area contributed by atoms with Gasteiger partial charge in [0.25, 0.3) is 0 Å². The summed E-state index contributed by atoms with van der Waals surface area (Å²) >= 11 is 0. The van der Waals surface area contributed by atoms with Gasteiger partial charge in [0, 0.05) is 19.8 Å². The number of carbonyl (C=O) groups is 3. The highest BCUT2D eigenvalue weighted by molar-refractivity contribution is 5.74. The summed E-state index contributed by atoms with van der Waals surface area (Å²) in [6.45, 7) is 4.26. The highest BCUT2D eigenvalue weighted by Gasteiger charge is 2.50. The van der Waals surface area contributed by atoms with Crippen molar-refractivity contribution in [3.8, 4) is 0 Å². The molecule has 1 unspecified atom stereocenters. The van der Waals surface area contributed by atoms with Gasteiger partial charge in [0.2, 0.25) is 5.91 Å². The third-order valence-electron chi connectivity index (χ3n) is 3.66. The van der Waals surface area contributed by atoms with E-state index in [9.17, 15) is 24.6 Å². The van der Waals surface area contributed by atoms with Crippen molar-refractivity contribution in [1.29, 1.82) is 0 Å². The Balaban J connectivity index is 3.08. The summed E-state index contributed by atoms with van der Waals surface area (Å²) in [4.78, 5) is 35.3. The van der Waals surface area contributed by atoms with Crippen LogP contribution in [0.3, 0.4) is 0 Å². The third kappa shape index (κ3) is 6.26. The molecule has 1 aliphatic heterocycles. The van der Waals surface area contributed by atoms with Crippen LogP contribution in [0.25, 0.3) is 0 Å². The first-order chi connectivity index (χ1) is 11.8. The first-order valence-electron chi connectivity index (χ1n) is 8.44. The van der Waals surface area contributed by atoms with Crippen LogP contribution in [0.4, 0.5) is 0 Å². The van der Waals surface area contributed by atoms with Crippen LogP contribution < -0.4 is 5.32 Å². The van der Waals surface area contributed by atoms with E-state index in [-0.39, 0.29) is 12.8 Å². The summed E-state index contributed by atoms with van der Waals surface area (Å²) in [5, 5.41) is 22.0. The fourth-order valence-electron chi connectivity index (χ4n) is 2.57. The van der Waals surface area contributed by atoms with Crippen LogP contribution in [-0.2, 0) is 28.6 Å². The average Bonchev–Trinajstić information content (AvgIpc) is 2.53. The fourth-order valence-corrected chi connectivity index (χ4v) is 2.57. The molecule has 1 heterocycles. The predicted molar refractivity (Wildman–Crippen MR) is 85.1 cm³/mol. The Morgan fingerprint density at radius 3 is 2.00 bits per heavy atom. The van der Waals surface area contributed by atoms with Crippen LogP contribution in [0.2, 0.25) is 0 Å². The second kappa shape index (κ2) is 10.3. The summed E-state index contributed by atoms with van der Waals surface area (Å²) in [5.41, 5.74) is 0. The summed E-state index contributed by atoms with van der Waals surface area (Å²) in [6.07, 6.45) is -3.58. The van der Waals surface area contributed by atoms with E-state index in [1.165, 1.54) is 6.92 Å². The van der Waals surface area contributed by atoms with E-state index >= 15 is 0 Å². The molecule has 0 aromatic heterocycles. The van der Waals surface area contributed by atoms with Gasteiger partial charge >= 0.3 is 11.9 Å². The van der Waals surface area contributed by atoms with Gasteiger partial charge in [-0.05, 0) is 12.8 Å². The molecule has 9 nitrogen and oxygen atoms in total. The van der Waals surface area contributed by atoms with Gasteiger partial charge < -0.3 is 29.7 Å². The molecule has 9 heteroatoms. The Morgan fingerprint density at radius 1 is 1.04 bits per heavy atom. The number of rotatable bonds is 8. The normalized spacial score (nSPS) is 28.9. The standard InChI is InChI=1S/C16H27NO8/c1-4-6-11(20)24-14-10(8-18)23-16(22)13(17-9(3)19)15(14)25-12(21)7-5-2/h10,13-16,18,22H,4-8H2,1-3H3,(H,17,19)/t10-,13+,14-,15-,16?/m1/s1. The smallest absolute Gasteiger partial charge is 0.306 e. The van der Waals surface area contributed by atoms with E-state index in [4.69, 9.17) is 14.2 Å². The Bertz CT molecular complexity index is 469. The number of ether oxygens (including phenoxy) is 3. The molecule has 144 valence electrons. The average molecular weight is 361 g/mol. The molecule has 0 bridgehead atoms. The Hall–Kier alpha value is -1.71. The number of hydrogen-bond acceptors (Lipinski definition) is 8. The first kappa shape index (κ1) is 21.3. The molecule has 1 aliphatic rings. The fraction of sp³-hybridized carbons (Fsp3) is 0.812. The summed E-state index contributed by atoms with van der Waals surface area (Å²) in [7, 11) is 0. The zero-order valence-electron chi connectivity index (χ0n) is 14.8. The second-order valence-electron chi connectivity index (χ2n) is 5.88. The Kier molecular flexibility index (Phi) is 8.81. The lowest BCUT2D eigenvalue weighted by Crippen LogP contribution is -2.66. The number of aliphatic hydroxyl groups is 2. The Morgan fingerprint density at radius 2 is 1.56 bits per heavy atom. The van der Waals surface area contributed by atoms with E-state index in [0.29, 0.717) is 12.8 Å². The van der Waals surface area contributed by atoms with Crippen LogP contribution in [0, 0.1) is 0 Å². The van der Waals surface area contributed by atoms with Crippen molar-refractivity contribution in [3.05, 3.63) is 0 Å². The van der Waals surface area contributed by atoms with Crippen molar-refractivity contribution in [1.82, 2.24) is 5.32 Å². The van der Waals surface area contributed by atoms with Crippen molar-refractivity contribution in [2.45, 2.75) is 77.1 Å². The quantitative estimate of drug-likeness (QED) is 0.499. The number of aliphatic hydroxyl groups excluding tert-OH is 2. The van der Waals surface area contributed by atoms with Gasteiger partial charge in [-0.25, -0.2) is 0 Å². The minimum Gasteiger partial charge on any atom is -0.456 e. The molecule has 1 fully saturated rings. The number of amides is 1. The van der Waals surface area contributed by atoms with Gasteiger partial charge in [-0.15, -0.1) is 0 Å². The Labute approximate surface area is 146 Å². The largest absolute Gasteiger partial charge is 0.456 e. The lowest BCUT2D eigenvalue weighted by molar-refractivity contribution is -0.264. The lowest BCUT2D eigenvalue weighted by atomic mass is 9.96. The van der Waals surface area contributed by atoms with Crippen molar-refractivity contribution < 1.29 is 38.8 Å². The van der Waals surface area contributed by atoms with Crippen molar-refractivity contribution in [2.75, 3.05) is 6.61 Å².